The monoisotopic (exact) mass is 128 g/mol. The maximum Gasteiger partial charge on any atom is 0.132 e. The Morgan fingerprint density at radius 2 is 2.22 bits per heavy atom. The zero-order chi connectivity index (χ0) is 7.11. The average molecular weight is 128 g/mol. The first kappa shape index (κ1) is 8.01. The van der Waals surface area contributed by atoms with Crippen LogP contribution in [-0.2, 0) is 0 Å². The van der Waals surface area contributed by atoms with Gasteiger partial charge in [-0.05, 0) is 6.92 Å². The molecule has 0 amide bonds. The topological polar surface area (TPSA) is 24.7 Å². The molecule has 1 atom stereocenters. The van der Waals surface area contributed by atoms with Gasteiger partial charge < -0.3 is 0 Å². The van der Waals surface area contributed by atoms with E-state index in [4.69, 9.17) is 0 Å². The van der Waals surface area contributed by atoms with Crippen molar-refractivity contribution in [2.24, 2.45) is 9.98 Å². The van der Waals surface area contributed by atoms with E-state index in [1.54, 1.807) is 0 Å². The fourth-order valence-corrected chi connectivity index (χ4v) is 0.243. The molecule has 1 unspecified atom stereocenters. The van der Waals surface area contributed by atoms with Crippen molar-refractivity contribution in [2.45, 2.75) is 13.1 Å². The van der Waals surface area contributed by atoms with Crippen molar-refractivity contribution in [3.05, 3.63) is 12.8 Å². The third kappa shape index (κ3) is 7.01. The summed E-state index contributed by atoms with van der Waals surface area (Å²) in [4.78, 5) is 7.02. The van der Waals surface area contributed by atoms with Gasteiger partial charge in [-0.2, -0.15) is 0 Å². The van der Waals surface area contributed by atoms with Gasteiger partial charge in [0.05, 0.1) is 0 Å². The number of alkyl halides is 1. The van der Waals surface area contributed by atoms with E-state index >= 15 is 0 Å². The minimum absolute atomic E-state index is 1.01. The molecular formula is C6H9FN2. The third-order valence-electron chi connectivity index (χ3n) is 0.530. The van der Waals surface area contributed by atoms with Gasteiger partial charge in [-0.3, -0.25) is 0 Å². The van der Waals surface area contributed by atoms with Crippen LogP contribution < -0.4 is 0 Å². The van der Waals surface area contributed by atoms with E-state index in [0.29, 0.717) is 0 Å². The van der Waals surface area contributed by atoms with Gasteiger partial charge >= 0.3 is 0 Å². The molecule has 0 saturated heterocycles. The highest BCUT2D eigenvalue weighted by Crippen LogP contribution is 1.79. The number of nitrogens with zero attached hydrogens (tertiary/aromatic N) is 2. The number of rotatable bonds is 3. The van der Waals surface area contributed by atoms with E-state index in [0.717, 1.165) is 6.21 Å². The second kappa shape index (κ2) is 5.15. The Hall–Kier alpha value is -0.990. The lowest BCUT2D eigenvalue weighted by Gasteiger charge is -1.83. The molecule has 0 aliphatic carbocycles. The van der Waals surface area contributed by atoms with Crippen LogP contribution in [0.5, 0.6) is 0 Å². The molecule has 0 N–H and O–H groups in total. The van der Waals surface area contributed by atoms with Crippen molar-refractivity contribution < 1.29 is 4.39 Å². The second-order valence-electron chi connectivity index (χ2n) is 1.42. The van der Waals surface area contributed by atoms with E-state index in [-0.39, 0.29) is 0 Å². The predicted molar refractivity (Wildman–Crippen MR) is 37.8 cm³/mol. The van der Waals surface area contributed by atoms with Gasteiger partial charge in [0.15, 0.2) is 0 Å². The first-order chi connectivity index (χ1) is 4.27. The normalized spacial score (nSPS) is 14.9. The molecule has 0 saturated carbocycles. The summed E-state index contributed by atoms with van der Waals surface area (Å²) in [5, 5.41) is 0. The molecule has 0 aromatic rings. The number of hydrogen-bond donors (Lipinski definition) is 0. The van der Waals surface area contributed by atoms with E-state index in [2.05, 4.69) is 16.6 Å². The van der Waals surface area contributed by atoms with Crippen LogP contribution in [0.4, 0.5) is 4.39 Å². The Bertz CT molecular complexity index is 127. The minimum atomic E-state index is -1.01. The molecule has 2 nitrogen and oxygen atoms in total. The highest BCUT2D eigenvalue weighted by molar-refractivity contribution is 5.74. The summed E-state index contributed by atoms with van der Waals surface area (Å²) in [5.41, 5.74) is 0. The Balaban J connectivity index is 3.46. The van der Waals surface area contributed by atoms with E-state index in [9.17, 15) is 4.39 Å². The molecule has 0 aliphatic heterocycles. The number of hydrogen-bond acceptors (Lipinski definition) is 1. The number of halogens is 1. The fourth-order valence-electron chi connectivity index (χ4n) is 0.243. The SMILES string of the molecule is C=CN=CN=CC(C)F. The average Bonchev–Trinajstić information content (AvgIpc) is 1.80. The summed E-state index contributed by atoms with van der Waals surface area (Å²) in [6, 6.07) is 0. The summed E-state index contributed by atoms with van der Waals surface area (Å²) in [6.45, 7) is 4.71. The molecule has 0 radical (unpaired) electrons. The van der Waals surface area contributed by atoms with Gasteiger partial charge in [-0.25, -0.2) is 14.4 Å². The van der Waals surface area contributed by atoms with Gasteiger partial charge in [0, 0.05) is 12.4 Å². The summed E-state index contributed by atoms with van der Waals surface area (Å²) < 4.78 is 11.9. The van der Waals surface area contributed by atoms with Crippen LogP contribution in [0.15, 0.2) is 22.8 Å². The van der Waals surface area contributed by atoms with Crippen LogP contribution in [0.3, 0.4) is 0 Å². The maximum atomic E-state index is 11.9. The maximum absolute atomic E-state index is 11.9. The molecule has 50 valence electrons. The minimum Gasteiger partial charge on any atom is -0.246 e. The van der Waals surface area contributed by atoms with Gasteiger partial charge in [0.1, 0.15) is 12.5 Å². The second-order valence-corrected chi connectivity index (χ2v) is 1.42. The molecular weight excluding hydrogens is 119 g/mol. The van der Waals surface area contributed by atoms with Crippen molar-refractivity contribution in [2.75, 3.05) is 0 Å². The van der Waals surface area contributed by atoms with Crippen molar-refractivity contribution in [1.82, 2.24) is 0 Å². The van der Waals surface area contributed by atoms with Crippen LogP contribution >= 0.6 is 0 Å². The molecule has 0 heterocycles. The van der Waals surface area contributed by atoms with Crippen molar-refractivity contribution in [1.29, 1.82) is 0 Å². The molecule has 0 bridgehead atoms. The first-order valence-electron chi connectivity index (χ1n) is 2.57. The molecule has 0 aromatic carbocycles. The first-order valence-corrected chi connectivity index (χ1v) is 2.57. The van der Waals surface area contributed by atoms with Crippen LogP contribution in [-0.4, -0.2) is 18.7 Å². The lowest BCUT2D eigenvalue weighted by Crippen LogP contribution is -1.91. The van der Waals surface area contributed by atoms with E-state index in [1.807, 2.05) is 0 Å². The smallest absolute Gasteiger partial charge is 0.132 e. The van der Waals surface area contributed by atoms with Crippen LogP contribution in [0.1, 0.15) is 6.92 Å². The zero-order valence-electron chi connectivity index (χ0n) is 5.29. The lowest BCUT2D eigenvalue weighted by atomic mass is 10.5. The van der Waals surface area contributed by atoms with Crippen LogP contribution in [0.2, 0.25) is 0 Å². The summed E-state index contributed by atoms with van der Waals surface area (Å²) in [6.07, 6.45) is 2.72. The van der Waals surface area contributed by atoms with Crippen LogP contribution in [0.25, 0.3) is 0 Å². The Kier molecular flexibility index (Phi) is 4.59. The van der Waals surface area contributed by atoms with E-state index < -0.39 is 6.17 Å². The molecule has 0 fully saturated rings. The molecule has 0 rings (SSSR count). The molecule has 0 spiro atoms. The highest BCUT2D eigenvalue weighted by atomic mass is 19.1. The van der Waals surface area contributed by atoms with Gasteiger partial charge in [-0.1, -0.05) is 6.58 Å². The lowest BCUT2D eigenvalue weighted by molar-refractivity contribution is 0.462. The third-order valence-corrected chi connectivity index (χ3v) is 0.530. The van der Waals surface area contributed by atoms with Crippen molar-refractivity contribution in [3.8, 4) is 0 Å². The van der Waals surface area contributed by atoms with Crippen molar-refractivity contribution in [3.63, 3.8) is 0 Å². The summed E-state index contributed by atoms with van der Waals surface area (Å²) >= 11 is 0. The summed E-state index contributed by atoms with van der Waals surface area (Å²) in [7, 11) is 0. The highest BCUT2D eigenvalue weighted by Gasteiger charge is 1.85. The quantitative estimate of drug-likeness (QED) is 0.407. The van der Waals surface area contributed by atoms with Gasteiger partial charge in [-0.15, -0.1) is 0 Å². The van der Waals surface area contributed by atoms with Crippen LogP contribution in [0, 0.1) is 0 Å². The molecule has 0 aliphatic rings. The molecule has 0 aromatic heterocycles. The standard InChI is InChI=1S/C6H9FN2/c1-3-8-5-9-4-6(2)7/h3-6H,1H2,2H3. The predicted octanol–water partition coefficient (Wildman–Crippen LogP) is 1.59. The van der Waals surface area contributed by atoms with E-state index in [1.165, 1.54) is 19.5 Å². The van der Waals surface area contributed by atoms with Gasteiger partial charge in [0.2, 0.25) is 0 Å². The number of aliphatic imine (C=N–C) groups is 2. The van der Waals surface area contributed by atoms with Crippen molar-refractivity contribution >= 4 is 12.6 Å². The molecule has 3 heteroatoms. The molecule has 9 heavy (non-hydrogen) atoms. The largest absolute Gasteiger partial charge is 0.246 e. The Labute approximate surface area is 53.8 Å². The van der Waals surface area contributed by atoms with Gasteiger partial charge in [0.25, 0.3) is 0 Å². The Morgan fingerprint density at radius 1 is 1.56 bits per heavy atom. The Morgan fingerprint density at radius 3 is 2.67 bits per heavy atom. The summed E-state index contributed by atoms with van der Waals surface area (Å²) in [5.74, 6) is 0. The fraction of sp³-hybridized carbons (Fsp3) is 0.333. The zero-order valence-corrected chi connectivity index (χ0v) is 5.29.